The van der Waals surface area contributed by atoms with Gasteiger partial charge >= 0.3 is 6.16 Å². The molecule has 7 heteroatoms. The van der Waals surface area contributed by atoms with E-state index in [1.54, 1.807) is 0 Å². The van der Waals surface area contributed by atoms with Crippen LogP contribution >= 0.6 is 0 Å². The minimum absolute atomic E-state index is 0.626. The van der Waals surface area contributed by atoms with Gasteiger partial charge in [0.1, 0.15) is 11.4 Å². The molecule has 0 saturated carbocycles. The third-order valence-corrected chi connectivity index (χ3v) is 1.93. The van der Waals surface area contributed by atoms with Crippen LogP contribution in [0.2, 0.25) is 0 Å². The van der Waals surface area contributed by atoms with Gasteiger partial charge in [-0.1, -0.05) is 6.42 Å². The molecule has 1 saturated heterocycles. The van der Waals surface area contributed by atoms with Gasteiger partial charge in [-0.15, -0.1) is 5.06 Å². The number of hydrogen-bond acceptors (Lipinski definition) is 6. The molecule has 0 radical (unpaired) electrons. The van der Waals surface area contributed by atoms with E-state index in [2.05, 4.69) is 9.02 Å². The number of carbonyl (C=O) groups excluding carboxylic acids is 1. The van der Waals surface area contributed by atoms with E-state index in [0.717, 1.165) is 19.3 Å². The van der Waals surface area contributed by atoms with Crippen LogP contribution in [-0.2, 0) is 20.4 Å². The van der Waals surface area contributed by atoms with Crippen molar-refractivity contribution in [2.45, 2.75) is 19.3 Å². The van der Waals surface area contributed by atoms with Crippen LogP contribution in [0.4, 0.5) is 4.79 Å². The van der Waals surface area contributed by atoms with Crippen LogP contribution in [0.5, 0.6) is 0 Å². The van der Waals surface area contributed by atoms with Crippen LogP contribution in [0, 0.1) is 0 Å². The molecule has 1 aliphatic heterocycles. The molecule has 0 aromatic rings. The summed E-state index contributed by atoms with van der Waals surface area (Å²) < 4.78 is 23.6. The van der Waals surface area contributed by atoms with Gasteiger partial charge < -0.3 is 13.6 Å². The van der Waals surface area contributed by atoms with Crippen molar-refractivity contribution in [2.24, 2.45) is 0 Å². The molecule has 0 N–H and O–H groups in total. The molecular weight excluding hydrogens is 198 g/mol. The van der Waals surface area contributed by atoms with Gasteiger partial charge in [-0.05, 0) is 12.8 Å². The predicted molar refractivity (Wildman–Crippen MR) is 41.9 cm³/mol. The molecule has 1 fully saturated rings. The second-order valence-corrected chi connectivity index (χ2v) is 3.19. The highest BCUT2D eigenvalue weighted by Crippen LogP contribution is 2.09. The molecule has 0 aromatic heterocycles. The van der Waals surface area contributed by atoms with E-state index in [1.165, 1.54) is 5.06 Å². The summed E-state index contributed by atoms with van der Waals surface area (Å²) in [5.74, 6) is 0. The van der Waals surface area contributed by atoms with Crippen molar-refractivity contribution in [1.29, 1.82) is 0 Å². The van der Waals surface area contributed by atoms with Crippen LogP contribution in [0.25, 0.3) is 0 Å². The zero-order valence-electron chi connectivity index (χ0n) is 6.93. The normalized spacial score (nSPS) is 20.7. The molecule has 0 aliphatic carbocycles. The second kappa shape index (κ2) is 5.15. The Morgan fingerprint density at radius 3 is 2.46 bits per heavy atom. The summed E-state index contributed by atoms with van der Waals surface area (Å²) in [6.07, 6.45) is 1.78. The van der Waals surface area contributed by atoms with Crippen molar-refractivity contribution >= 4 is 17.5 Å². The summed E-state index contributed by atoms with van der Waals surface area (Å²) in [4.78, 5) is 15.2. The number of rotatable bonds is 2. The fraction of sp³-hybridized carbons (Fsp3) is 0.833. The quantitative estimate of drug-likeness (QED) is 0.608. The highest BCUT2D eigenvalue weighted by atomic mass is 32.2. The summed E-state index contributed by atoms with van der Waals surface area (Å²) in [7, 11) is 0. The van der Waals surface area contributed by atoms with Crippen molar-refractivity contribution in [2.75, 3.05) is 13.1 Å². The Labute approximate surface area is 78.2 Å². The van der Waals surface area contributed by atoms with Crippen LogP contribution < -0.4 is 0 Å². The van der Waals surface area contributed by atoms with E-state index in [4.69, 9.17) is 0 Å². The first-order chi connectivity index (χ1) is 6.18. The van der Waals surface area contributed by atoms with Crippen molar-refractivity contribution < 1.29 is 22.6 Å². The molecular formula is C6H10NO5S-. The van der Waals surface area contributed by atoms with E-state index in [0.29, 0.717) is 13.1 Å². The van der Waals surface area contributed by atoms with Gasteiger partial charge in [0.15, 0.2) is 0 Å². The number of carbonyl (C=O) groups is 1. The van der Waals surface area contributed by atoms with Crippen LogP contribution in [-0.4, -0.2) is 33.1 Å². The lowest BCUT2D eigenvalue weighted by molar-refractivity contribution is -0.125. The molecule has 1 heterocycles. The zero-order chi connectivity index (χ0) is 9.68. The molecule has 1 rings (SSSR count). The average molecular weight is 208 g/mol. The Morgan fingerprint density at radius 2 is 1.92 bits per heavy atom. The lowest BCUT2D eigenvalue weighted by atomic mass is 10.2. The minimum Gasteiger partial charge on any atom is -0.740 e. The molecule has 6 nitrogen and oxygen atoms in total. The van der Waals surface area contributed by atoms with E-state index in [-0.39, 0.29) is 0 Å². The molecule has 1 unspecified atom stereocenters. The molecule has 0 spiro atoms. The summed E-state index contributed by atoms with van der Waals surface area (Å²) >= 11 is -2.85. The number of piperidine rings is 1. The molecule has 76 valence electrons. The second-order valence-electron chi connectivity index (χ2n) is 2.62. The number of hydroxylamine groups is 2. The molecule has 13 heavy (non-hydrogen) atoms. The van der Waals surface area contributed by atoms with Crippen molar-refractivity contribution in [3.63, 3.8) is 0 Å². The first-order valence-electron chi connectivity index (χ1n) is 3.93. The lowest BCUT2D eigenvalue weighted by Gasteiger charge is -2.24. The Morgan fingerprint density at radius 1 is 1.31 bits per heavy atom. The maximum atomic E-state index is 10.6. The highest BCUT2D eigenvalue weighted by molar-refractivity contribution is 7.74. The van der Waals surface area contributed by atoms with Gasteiger partial charge in [-0.3, -0.25) is 0 Å². The number of hydrogen-bond donors (Lipinski definition) is 0. The Balaban J connectivity index is 2.22. The molecule has 1 aliphatic rings. The predicted octanol–water partition coefficient (Wildman–Crippen LogP) is 0.335. The Hall–Kier alpha value is -0.660. The summed E-state index contributed by atoms with van der Waals surface area (Å²) in [6, 6.07) is 0. The monoisotopic (exact) mass is 208 g/mol. The number of nitrogens with zero attached hydrogens (tertiary/aromatic N) is 1. The molecule has 1 atom stereocenters. The van der Waals surface area contributed by atoms with Gasteiger partial charge in [0, 0.05) is 13.1 Å². The summed E-state index contributed by atoms with van der Waals surface area (Å²) in [5.41, 5.74) is 0. The van der Waals surface area contributed by atoms with E-state index < -0.39 is 17.5 Å². The highest BCUT2D eigenvalue weighted by Gasteiger charge is 2.15. The largest absolute Gasteiger partial charge is 0.740 e. The average Bonchev–Trinajstić information content (AvgIpc) is 2.04. The van der Waals surface area contributed by atoms with Crippen LogP contribution in [0.1, 0.15) is 19.3 Å². The van der Waals surface area contributed by atoms with Gasteiger partial charge in [0.05, 0.1) is 0 Å². The Bertz CT molecular complexity index is 203. The Kier molecular flexibility index (Phi) is 4.13. The van der Waals surface area contributed by atoms with E-state index in [1.807, 2.05) is 0 Å². The standard InChI is InChI=1S/C6H11NO5S/c8-6(12-13(9)10)11-7-4-2-1-3-5-7/h1-5H2,(H,9,10)/p-1. The SMILES string of the molecule is O=C(ON1CCCCC1)OS(=O)[O-]. The maximum absolute atomic E-state index is 10.6. The molecule has 0 bridgehead atoms. The lowest BCUT2D eigenvalue weighted by Crippen LogP contribution is -2.32. The fourth-order valence-corrected chi connectivity index (χ4v) is 1.27. The minimum atomic E-state index is -2.85. The third-order valence-electron chi connectivity index (χ3n) is 1.65. The first-order valence-corrected chi connectivity index (χ1v) is 4.93. The summed E-state index contributed by atoms with van der Waals surface area (Å²) in [5, 5.41) is 1.40. The summed E-state index contributed by atoms with van der Waals surface area (Å²) in [6.45, 7) is 1.25. The van der Waals surface area contributed by atoms with Gasteiger partial charge in [0.2, 0.25) is 0 Å². The van der Waals surface area contributed by atoms with Gasteiger partial charge in [0.25, 0.3) is 0 Å². The van der Waals surface area contributed by atoms with Crippen molar-refractivity contribution in [3.05, 3.63) is 0 Å². The van der Waals surface area contributed by atoms with E-state index >= 15 is 0 Å². The van der Waals surface area contributed by atoms with Gasteiger partial charge in [-0.25, -0.2) is 9.00 Å². The smallest absolute Gasteiger partial charge is 0.541 e. The topological polar surface area (TPSA) is 78.9 Å². The maximum Gasteiger partial charge on any atom is 0.541 e. The van der Waals surface area contributed by atoms with Crippen molar-refractivity contribution in [1.82, 2.24) is 5.06 Å². The van der Waals surface area contributed by atoms with Crippen molar-refractivity contribution in [3.8, 4) is 0 Å². The first kappa shape index (κ1) is 10.4. The van der Waals surface area contributed by atoms with Gasteiger partial charge in [-0.2, -0.15) is 0 Å². The third kappa shape index (κ3) is 4.20. The fourth-order valence-electron chi connectivity index (χ4n) is 1.13. The molecule has 0 amide bonds. The van der Waals surface area contributed by atoms with Crippen LogP contribution in [0.15, 0.2) is 0 Å². The molecule has 0 aromatic carbocycles. The van der Waals surface area contributed by atoms with Crippen LogP contribution in [0.3, 0.4) is 0 Å². The van der Waals surface area contributed by atoms with E-state index in [9.17, 15) is 13.6 Å². The zero-order valence-corrected chi connectivity index (χ0v) is 7.75.